The van der Waals surface area contributed by atoms with Gasteiger partial charge in [0.05, 0.1) is 68.5 Å². The zero-order chi connectivity index (χ0) is 56.1. The van der Waals surface area contributed by atoms with Crippen LogP contribution in [0.2, 0.25) is 54.4 Å². The number of esters is 1. The van der Waals surface area contributed by atoms with Crippen LogP contribution in [0.1, 0.15) is 161 Å². The van der Waals surface area contributed by atoms with Crippen molar-refractivity contribution < 1.29 is 46.6 Å². The van der Waals surface area contributed by atoms with Gasteiger partial charge in [0.2, 0.25) is 0 Å². The normalized spacial score (nSPS) is 32.8. The standard InChI is InChI=1S/C61H110O10Si3/c1-25-26-51-43(6)44(7)57(71-74(23,24)61(15,16)17)58(69-51)52(70-73(21,22)60(12,13)14)31-28-46(62)27-29-47-35-41(4)50(66-47)32-30-48-34-40(3)42(5)54(67-48)37-55-49(36-56(63)64-18)45(8)53(68-55)33-39(2)38-65-72(19,20)59(9,10)11/h25,28,31,39-40,43-45,47-55,57-58H,1,4-5,26-27,29-30,32-38H2,2-3,6-24H3/b31-28+/t39-,40+,43+,44-,45+,47-,48-,49+,50?,51-,52-,53+,54?,55-,57-,58-/m0/s1. The SMILES string of the molecule is C=CC[C@@H]1O[C@@H]([C@H](/C=C/C(=O)CC[C@H]2CC(=C)C(CC[C@H]3C[C@@H](C)C(=C)C(C[C@@H]4O[C@H](C[C@H](C)CO[Si](C)(C)C(C)(C)C)[C@H](C)[C@H]4CC(=O)OC)O3)O2)O[Si](C)(C)C(C)(C)C)[C@@H](O[Si](C)(C)C(C)(C)C)[C@@H](C)[C@H]1C. The number of hydrogen-bond acceptors (Lipinski definition) is 10. The van der Waals surface area contributed by atoms with E-state index in [2.05, 4.69) is 156 Å². The molecule has 4 heterocycles. The minimum atomic E-state index is -2.33. The lowest BCUT2D eigenvalue weighted by molar-refractivity contribution is -0.184. The highest BCUT2D eigenvalue weighted by Crippen LogP contribution is 2.47. The van der Waals surface area contributed by atoms with Gasteiger partial charge >= 0.3 is 5.97 Å². The quantitative estimate of drug-likeness (QED) is 0.0401. The van der Waals surface area contributed by atoms with Crippen molar-refractivity contribution in [2.24, 2.45) is 35.5 Å². The van der Waals surface area contributed by atoms with Gasteiger partial charge in [0.25, 0.3) is 0 Å². The molecule has 0 N–H and O–H groups in total. The predicted molar refractivity (Wildman–Crippen MR) is 312 cm³/mol. The van der Waals surface area contributed by atoms with Gasteiger partial charge in [-0.25, -0.2) is 0 Å². The Morgan fingerprint density at radius 2 is 1.35 bits per heavy atom. The molecular weight excluding hydrogens is 977 g/mol. The summed E-state index contributed by atoms with van der Waals surface area (Å²) in [5, 5.41) is 0.118. The van der Waals surface area contributed by atoms with Crippen molar-refractivity contribution in [3.8, 4) is 0 Å². The molecule has 2 unspecified atom stereocenters. The summed E-state index contributed by atoms with van der Waals surface area (Å²) in [5.41, 5.74) is 2.18. The summed E-state index contributed by atoms with van der Waals surface area (Å²) in [6.45, 7) is 59.3. The second-order valence-corrected chi connectivity index (χ2v) is 42.6. The molecule has 13 heteroatoms. The van der Waals surface area contributed by atoms with Crippen LogP contribution in [-0.4, -0.2) is 111 Å². The molecule has 0 aromatic carbocycles. The van der Waals surface area contributed by atoms with Crippen LogP contribution in [0.15, 0.2) is 49.1 Å². The van der Waals surface area contributed by atoms with Crippen molar-refractivity contribution in [3.63, 3.8) is 0 Å². The molecule has 0 saturated carbocycles. The average molecular weight is 1090 g/mol. The molecule has 4 aliphatic rings. The van der Waals surface area contributed by atoms with Crippen LogP contribution in [0, 0.1) is 35.5 Å². The van der Waals surface area contributed by atoms with Crippen molar-refractivity contribution in [1.82, 2.24) is 0 Å². The molecule has 0 aromatic rings. The van der Waals surface area contributed by atoms with E-state index in [1.807, 2.05) is 12.2 Å². The van der Waals surface area contributed by atoms with E-state index in [1.165, 1.54) is 7.11 Å². The molecule has 0 aliphatic carbocycles. The van der Waals surface area contributed by atoms with E-state index in [-0.39, 0.29) is 111 Å². The van der Waals surface area contributed by atoms with Crippen LogP contribution in [0.25, 0.3) is 0 Å². The second kappa shape index (κ2) is 26.2. The molecule has 0 aromatic heterocycles. The zero-order valence-electron chi connectivity index (χ0n) is 51.0. The molecular formula is C61H110O10Si3. The number of ketones is 1. The molecule has 74 heavy (non-hydrogen) atoms. The number of methoxy groups -OCH3 is 1. The molecule has 10 nitrogen and oxygen atoms in total. The van der Waals surface area contributed by atoms with E-state index >= 15 is 0 Å². The molecule has 16 atom stereocenters. The van der Waals surface area contributed by atoms with Gasteiger partial charge in [-0.3, -0.25) is 9.59 Å². The van der Waals surface area contributed by atoms with Crippen LogP contribution < -0.4 is 0 Å². The molecule has 0 bridgehead atoms. The second-order valence-electron chi connectivity index (χ2n) is 28.2. The smallest absolute Gasteiger partial charge is 0.305 e. The minimum absolute atomic E-state index is 0.0145. The Morgan fingerprint density at radius 3 is 1.93 bits per heavy atom. The predicted octanol–water partition coefficient (Wildman–Crippen LogP) is 15.2. The number of rotatable bonds is 24. The first-order valence-electron chi connectivity index (χ1n) is 28.8. The largest absolute Gasteiger partial charge is 0.469 e. The molecule has 4 aliphatic heterocycles. The summed E-state index contributed by atoms with van der Waals surface area (Å²) in [7, 11) is -4.96. The fourth-order valence-electron chi connectivity index (χ4n) is 10.7. The maximum Gasteiger partial charge on any atom is 0.305 e. The Morgan fingerprint density at radius 1 is 0.743 bits per heavy atom. The minimum Gasteiger partial charge on any atom is -0.469 e. The lowest BCUT2D eigenvalue weighted by Gasteiger charge is -2.52. The summed E-state index contributed by atoms with van der Waals surface area (Å²) >= 11 is 0. The van der Waals surface area contributed by atoms with Gasteiger partial charge in [-0.2, -0.15) is 0 Å². The first-order valence-corrected chi connectivity index (χ1v) is 37.5. The summed E-state index contributed by atoms with van der Waals surface area (Å²) in [6.07, 6.45) is 11.0. The lowest BCUT2D eigenvalue weighted by atomic mass is 9.79. The average Bonchev–Trinajstić information content (AvgIpc) is 3.78. The molecule has 0 spiro atoms. The van der Waals surface area contributed by atoms with Gasteiger partial charge in [-0.1, -0.05) is 122 Å². The van der Waals surface area contributed by atoms with Crippen molar-refractivity contribution in [2.45, 2.75) is 277 Å². The molecule has 0 amide bonds. The van der Waals surface area contributed by atoms with Crippen LogP contribution in [-0.2, 0) is 46.6 Å². The number of ether oxygens (including phenoxy) is 5. The van der Waals surface area contributed by atoms with E-state index in [9.17, 15) is 9.59 Å². The Labute approximate surface area is 456 Å². The van der Waals surface area contributed by atoms with Crippen molar-refractivity contribution in [2.75, 3.05) is 13.7 Å². The van der Waals surface area contributed by atoms with Crippen LogP contribution in [0.5, 0.6) is 0 Å². The van der Waals surface area contributed by atoms with E-state index in [0.29, 0.717) is 38.2 Å². The van der Waals surface area contributed by atoms with Gasteiger partial charge in [-0.05, 0) is 146 Å². The van der Waals surface area contributed by atoms with E-state index in [4.69, 9.17) is 37.0 Å². The van der Waals surface area contributed by atoms with Crippen LogP contribution >= 0.6 is 0 Å². The zero-order valence-corrected chi connectivity index (χ0v) is 54.0. The fourth-order valence-corrected chi connectivity index (χ4v) is 14.4. The van der Waals surface area contributed by atoms with E-state index in [0.717, 1.165) is 49.7 Å². The third kappa shape index (κ3) is 17.0. The lowest BCUT2D eigenvalue weighted by Crippen LogP contribution is -2.60. The molecule has 426 valence electrons. The molecule has 4 rings (SSSR count). The van der Waals surface area contributed by atoms with Crippen molar-refractivity contribution >= 4 is 36.7 Å². The van der Waals surface area contributed by atoms with Crippen LogP contribution in [0.3, 0.4) is 0 Å². The summed E-state index contributed by atoms with van der Waals surface area (Å²) in [5.74, 6) is 1.13. The summed E-state index contributed by atoms with van der Waals surface area (Å²) in [6, 6.07) is 0. The number of carbonyl (C=O) groups excluding carboxylic acids is 2. The highest BCUT2D eigenvalue weighted by Gasteiger charge is 2.52. The summed E-state index contributed by atoms with van der Waals surface area (Å²) in [4.78, 5) is 26.7. The van der Waals surface area contributed by atoms with Gasteiger partial charge in [-0.15, -0.1) is 6.58 Å². The highest BCUT2D eigenvalue weighted by molar-refractivity contribution is 6.75. The number of carbonyl (C=O) groups is 2. The Bertz CT molecular complexity index is 1910. The van der Waals surface area contributed by atoms with Gasteiger partial charge in [0.1, 0.15) is 6.10 Å². The maximum atomic E-state index is 13.9. The monoisotopic (exact) mass is 1090 g/mol. The first-order chi connectivity index (χ1) is 33.9. The van der Waals surface area contributed by atoms with Gasteiger partial charge < -0.3 is 37.0 Å². The van der Waals surface area contributed by atoms with E-state index in [1.54, 1.807) is 6.08 Å². The number of hydrogen-bond donors (Lipinski definition) is 0. The maximum absolute atomic E-state index is 13.9. The highest BCUT2D eigenvalue weighted by atomic mass is 28.4. The third-order valence-corrected chi connectivity index (χ3v) is 32.8. The van der Waals surface area contributed by atoms with Gasteiger partial charge in [0.15, 0.2) is 30.7 Å². The fraction of sp³-hybridized carbons (Fsp3) is 0.836. The van der Waals surface area contributed by atoms with E-state index < -0.39 is 31.1 Å². The van der Waals surface area contributed by atoms with Crippen molar-refractivity contribution in [1.29, 1.82) is 0 Å². The molecule has 4 fully saturated rings. The third-order valence-electron chi connectivity index (χ3n) is 19.4. The van der Waals surface area contributed by atoms with Crippen molar-refractivity contribution in [3.05, 3.63) is 49.1 Å². The molecule has 4 saturated heterocycles. The first kappa shape index (κ1) is 65.0. The topological polar surface area (TPSA) is 108 Å². The number of allylic oxidation sites excluding steroid dienone is 1. The Kier molecular flexibility index (Phi) is 23.0. The Hall–Kier alpha value is -1.53. The Balaban J connectivity index is 1.40. The molecule has 0 radical (unpaired) electrons. The summed E-state index contributed by atoms with van der Waals surface area (Å²) < 4.78 is 53.9. The van der Waals surface area contributed by atoms with Gasteiger partial charge in [0, 0.05) is 25.4 Å². The van der Waals surface area contributed by atoms with Crippen LogP contribution in [0.4, 0.5) is 0 Å².